The van der Waals surface area contributed by atoms with Crippen molar-refractivity contribution in [3.8, 4) is 0 Å². The molecule has 1 atom stereocenters. The van der Waals surface area contributed by atoms with E-state index in [9.17, 15) is 9.59 Å². The number of nitrogens with zero attached hydrogens (tertiary/aromatic N) is 1. The van der Waals surface area contributed by atoms with Crippen molar-refractivity contribution in [3.63, 3.8) is 0 Å². The van der Waals surface area contributed by atoms with Crippen LogP contribution >= 0.6 is 0 Å². The summed E-state index contributed by atoms with van der Waals surface area (Å²) < 4.78 is 0. The minimum absolute atomic E-state index is 0.0999. The first-order valence-electron chi connectivity index (χ1n) is 6.92. The molecule has 0 bridgehead atoms. The predicted molar refractivity (Wildman–Crippen MR) is 81.0 cm³/mol. The molecule has 0 radical (unpaired) electrons. The number of para-hydroxylation sites is 1. The average molecular weight is 280 g/mol. The summed E-state index contributed by atoms with van der Waals surface area (Å²) in [5.74, 6) is -0.306. The molecule has 0 aromatic heterocycles. The first kappa shape index (κ1) is 13.4. The molecule has 0 saturated carbocycles. The Bertz CT molecular complexity index is 682. The number of benzene rings is 2. The van der Waals surface area contributed by atoms with Gasteiger partial charge in [0.2, 0.25) is 5.91 Å². The lowest BCUT2D eigenvalue weighted by atomic mass is 10.1. The highest BCUT2D eigenvalue weighted by atomic mass is 16.2. The summed E-state index contributed by atoms with van der Waals surface area (Å²) in [6.45, 7) is 2.17. The van der Waals surface area contributed by atoms with E-state index in [0.29, 0.717) is 17.8 Å². The quantitative estimate of drug-likeness (QED) is 0.918. The maximum absolute atomic E-state index is 12.6. The van der Waals surface area contributed by atoms with Gasteiger partial charge < -0.3 is 10.2 Å². The van der Waals surface area contributed by atoms with Gasteiger partial charge in [-0.25, -0.2) is 0 Å². The fourth-order valence-electron chi connectivity index (χ4n) is 2.52. The second kappa shape index (κ2) is 5.40. The summed E-state index contributed by atoms with van der Waals surface area (Å²) in [6.07, 6.45) is 0. The molecule has 0 aliphatic carbocycles. The number of fused-ring (bicyclic) bond motifs is 1. The highest BCUT2D eigenvalue weighted by Gasteiger charge is 2.30. The van der Waals surface area contributed by atoms with Gasteiger partial charge >= 0.3 is 0 Å². The van der Waals surface area contributed by atoms with Crippen molar-refractivity contribution in [1.29, 1.82) is 0 Å². The molecule has 21 heavy (non-hydrogen) atoms. The van der Waals surface area contributed by atoms with Crippen LogP contribution in [-0.4, -0.2) is 17.9 Å². The minimum atomic E-state index is -0.534. The lowest BCUT2D eigenvalue weighted by Crippen LogP contribution is -2.43. The molecule has 0 fully saturated rings. The average Bonchev–Trinajstić information content (AvgIpc) is 2.60. The summed E-state index contributed by atoms with van der Waals surface area (Å²) in [5, 5.41) is 2.73. The fourth-order valence-corrected chi connectivity index (χ4v) is 2.52. The maximum Gasteiger partial charge on any atom is 0.254 e. The van der Waals surface area contributed by atoms with E-state index in [1.165, 1.54) is 0 Å². The van der Waals surface area contributed by atoms with E-state index in [-0.39, 0.29) is 11.8 Å². The van der Waals surface area contributed by atoms with E-state index in [4.69, 9.17) is 0 Å². The van der Waals surface area contributed by atoms with Crippen LogP contribution < -0.4 is 10.2 Å². The Labute approximate surface area is 123 Å². The third-order valence-corrected chi connectivity index (χ3v) is 3.61. The van der Waals surface area contributed by atoms with Gasteiger partial charge in [0.05, 0.1) is 17.8 Å². The van der Waals surface area contributed by atoms with Crippen LogP contribution in [0.2, 0.25) is 0 Å². The topological polar surface area (TPSA) is 49.4 Å². The second-order valence-electron chi connectivity index (χ2n) is 5.12. The molecule has 1 N–H and O–H groups in total. The molecular weight excluding hydrogens is 264 g/mol. The molecule has 4 nitrogen and oxygen atoms in total. The van der Waals surface area contributed by atoms with Gasteiger partial charge in [-0.15, -0.1) is 0 Å². The van der Waals surface area contributed by atoms with Gasteiger partial charge in [-0.1, -0.05) is 42.5 Å². The van der Waals surface area contributed by atoms with Crippen LogP contribution in [0.5, 0.6) is 0 Å². The number of amides is 2. The molecule has 2 aromatic carbocycles. The van der Waals surface area contributed by atoms with Crippen LogP contribution in [0.3, 0.4) is 0 Å². The molecule has 1 heterocycles. The van der Waals surface area contributed by atoms with Crippen molar-refractivity contribution >= 4 is 17.5 Å². The van der Waals surface area contributed by atoms with Crippen LogP contribution in [0.1, 0.15) is 22.8 Å². The minimum Gasteiger partial charge on any atom is -0.340 e. The van der Waals surface area contributed by atoms with E-state index in [2.05, 4.69) is 5.32 Å². The van der Waals surface area contributed by atoms with Crippen LogP contribution in [0.4, 0.5) is 5.69 Å². The molecular formula is C17H16N2O2. The van der Waals surface area contributed by atoms with Crippen molar-refractivity contribution in [2.45, 2.75) is 19.5 Å². The molecule has 0 saturated heterocycles. The van der Waals surface area contributed by atoms with E-state index >= 15 is 0 Å². The zero-order valence-electron chi connectivity index (χ0n) is 11.7. The number of carbonyl (C=O) groups is 2. The standard InChI is InChI=1S/C17H16N2O2/c1-12-17(21)19(11-13-7-3-2-4-8-13)15-10-6-5-9-14(15)16(20)18-12/h2-10,12H,11H2,1H3,(H,18,20). The van der Waals surface area contributed by atoms with Crippen molar-refractivity contribution in [1.82, 2.24) is 5.32 Å². The number of anilines is 1. The van der Waals surface area contributed by atoms with Gasteiger partial charge in [-0.3, -0.25) is 9.59 Å². The fraction of sp³-hybridized carbons (Fsp3) is 0.176. The van der Waals surface area contributed by atoms with Crippen LogP contribution in [0.15, 0.2) is 54.6 Å². The van der Waals surface area contributed by atoms with Crippen LogP contribution in [0.25, 0.3) is 0 Å². The summed E-state index contributed by atoms with van der Waals surface area (Å²) in [5.41, 5.74) is 2.22. The Morgan fingerprint density at radius 2 is 1.67 bits per heavy atom. The molecule has 3 rings (SSSR count). The largest absolute Gasteiger partial charge is 0.340 e. The Kier molecular flexibility index (Phi) is 3.44. The monoisotopic (exact) mass is 280 g/mol. The van der Waals surface area contributed by atoms with Gasteiger partial charge in [-0.05, 0) is 24.6 Å². The Balaban J connectivity index is 2.05. The van der Waals surface area contributed by atoms with E-state index in [1.807, 2.05) is 42.5 Å². The molecule has 1 aliphatic rings. The smallest absolute Gasteiger partial charge is 0.254 e. The molecule has 2 aromatic rings. The molecule has 2 amide bonds. The molecule has 106 valence electrons. The first-order valence-corrected chi connectivity index (χ1v) is 6.92. The molecule has 1 unspecified atom stereocenters. The van der Waals surface area contributed by atoms with Gasteiger partial charge in [-0.2, -0.15) is 0 Å². The predicted octanol–water partition coefficient (Wildman–Crippen LogP) is 2.35. The van der Waals surface area contributed by atoms with Crippen molar-refractivity contribution in [2.75, 3.05) is 4.90 Å². The number of hydrogen-bond acceptors (Lipinski definition) is 2. The Morgan fingerprint density at radius 1 is 1.00 bits per heavy atom. The van der Waals surface area contributed by atoms with Crippen LogP contribution in [0, 0.1) is 0 Å². The highest BCUT2D eigenvalue weighted by Crippen LogP contribution is 2.25. The van der Waals surface area contributed by atoms with E-state index in [1.54, 1.807) is 24.0 Å². The number of carbonyl (C=O) groups excluding carboxylic acids is 2. The van der Waals surface area contributed by atoms with E-state index in [0.717, 1.165) is 5.56 Å². The number of hydrogen-bond donors (Lipinski definition) is 1. The van der Waals surface area contributed by atoms with Crippen molar-refractivity contribution in [3.05, 3.63) is 65.7 Å². The van der Waals surface area contributed by atoms with Gasteiger partial charge in [0.1, 0.15) is 6.04 Å². The molecule has 1 aliphatic heterocycles. The van der Waals surface area contributed by atoms with Gasteiger partial charge in [0, 0.05) is 0 Å². The summed E-state index contributed by atoms with van der Waals surface area (Å²) in [6, 6.07) is 16.4. The van der Waals surface area contributed by atoms with Crippen molar-refractivity contribution < 1.29 is 9.59 Å². The van der Waals surface area contributed by atoms with E-state index < -0.39 is 6.04 Å². The Morgan fingerprint density at radius 3 is 2.43 bits per heavy atom. The zero-order chi connectivity index (χ0) is 14.8. The number of rotatable bonds is 2. The third kappa shape index (κ3) is 2.52. The van der Waals surface area contributed by atoms with Crippen molar-refractivity contribution in [2.24, 2.45) is 0 Å². The normalized spacial score (nSPS) is 18.0. The zero-order valence-corrected chi connectivity index (χ0v) is 11.7. The van der Waals surface area contributed by atoms with Crippen LogP contribution in [-0.2, 0) is 11.3 Å². The SMILES string of the molecule is CC1NC(=O)c2ccccc2N(Cc2ccccc2)C1=O. The van der Waals surface area contributed by atoms with Gasteiger partial charge in [0.15, 0.2) is 0 Å². The Hall–Kier alpha value is -2.62. The summed E-state index contributed by atoms with van der Waals surface area (Å²) >= 11 is 0. The third-order valence-electron chi connectivity index (χ3n) is 3.61. The lowest BCUT2D eigenvalue weighted by molar-refractivity contribution is -0.120. The second-order valence-corrected chi connectivity index (χ2v) is 5.12. The highest BCUT2D eigenvalue weighted by molar-refractivity contribution is 6.10. The number of nitrogens with one attached hydrogen (secondary N) is 1. The van der Waals surface area contributed by atoms with Gasteiger partial charge in [0.25, 0.3) is 5.91 Å². The molecule has 0 spiro atoms. The first-order chi connectivity index (χ1) is 10.2. The molecule has 4 heteroatoms. The lowest BCUT2D eigenvalue weighted by Gasteiger charge is -2.24. The summed E-state index contributed by atoms with van der Waals surface area (Å²) in [4.78, 5) is 26.4. The maximum atomic E-state index is 12.6. The summed E-state index contributed by atoms with van der Waals surface area (Å²) in [7, 11) is 0.